The van der Waals surface area contributed by atoms with E-state index in [0.29, 0.717) is 5.88 Å². The quantitative estimate of drug-likeness (QED) is 0.218. The standard InChI is InChI=1S/C3H4Cl.ClH.Mg/c1-2-3-4;;/h1-2H,3H2;1H;/q-1;;+2/p-1. The van der Waals surface area contributed by atoms with Crippen molar-refractivity contribution in [1.29, 1.82) is 0 Å². The Kier molecular flexibility index (Phi) is 43.3. The molecular weight excluding hydrogens is 131 g/mol. The van der Waals surface area contributed by atoms with Gasteiger partial charge in [-0.2, -0.15) is 0 Å². The number of hydrogen-bond acceptors (Lipinski definition) is 0. The summed E-state index contributed by atoms with van der Waals surface area (Å²) >= 11 is 5.01. The predicted molar refractivity (Wildman–Crippen MR) is 25.3 cm³/mol. The zero-order chi connectivity index (χ0) is 3.41. The first kappa shape index (κ1) is 15.7. The molecule has 0 aromatic carbocycles. The van der Waals surface area contributed by atoms with Crippen LogP contribution in [0.4, 0.5) is 0 Å². The van der Waals surface area contributed by atoms with Crippen molar-refractivity contribution in [2.45, 2.75) is 0 Å². The van der Waals surface area contributed by atoms with Crippen LogP contribution in [0.25, 0.3) is 0 Å². The third-order valence-electron chi connectivity index (χ3n) is 0.0891. The summed E-state index contributed by atoms with van der Waals surface area (Å²) in [5.41, 5.74) is 0. The van der Waals surface area contributed by atoms with E-state index in [1.807, 2.05) is 0 Å². The van der Waals surface area contributed by atoms with Crippen molar-refractivity contribution >= 4 is 34.7 Å². The second kappa shape index (κ2) is 16.5. The molecular formula is C3H4Cl2Mg. The third-order valence-corrected chi connectivity index (χ3v) is 0.267. The zero-order valence-electron chi connectivity index (χ0n) is 3.32. The average Bonchev–Trinajstić information content (AvgIpc) is 1.37. The van der Waals surface area contributed by atoms with Crippen LogP contribution < -0.4 is 12.4 Å². The molecule has 6 heavy (non-hydrogen) atoms. The normalized spacial score (nSPS) is 4.17. The molecule has 0 saturated carbocycles. The summed E-state index contributed by atoms with van der Waals surface area (Å²) < 4.78 is 0. The molecule has 32 valence electrons. The fourth-order valence-corrected chi connectivity index (χ4v) is 0. The molecule has 0 aliphatic carbocycles. The van der Waals surface area contributed by atoms with Crippen LogP contribution in [0.3, 0.4) is 0 Å². The van der Waals surface area contributed by atoms with E-state index < -0.39 is 0 Å². The van der Waals surface area contributed by atoms with Crippen LogP contribution in [-0.4, -0.2) is 28.9 Å². The smallest absolute Gasteiger partial charge is 1.00 e. The molecule has 0 rings (SSSR count). The van der Waals surface area contributed by atoms with Gasteiger partial charge in [-0.15, -0.1) is 11.6 Å². The van der Waals surface area contributed by atoms with Crippen LogP contribution in [0.1, 0.15) is 0 Å². The molecule has 0 aromatic rings. The topological polar surface area (TPSA) is 0 Å². The van der Waals surface area contributed by atoms with Crippen molar-refractivity contribution in [3.63, 3.8) is 0 Å². The van der Waals surface area contributed by atoms with Crippen molar-refractivity contribution in [2.24, 2.45) is 0 Å². The second-order valence-corrected chi connectivity index (χ2v) is 0.699. The van der Waals surface area contributed by atoms with Crippen LogP contribution in [0.5, 0.6) is 0 Å². The van der Waals surface area contributed by atoms with Crippen molar-refractivity contribution in [3.8, 4) is 0 Å². The van der Waals surface area contributed by atoms with Gasteiger partial charge in [0.15, 0.2) is 0 Å². The SMILES string of the molecule is [CH-]=CCCl.[Cl-].[Mg+2]. The number of alkyl halides is 1. The molecule has 0 aromatic heterocycles. The van der Waals surface area contributed by atoms with Crippen LogP contribution >= 0.6 is 11.6 Å². The molecule has 0 bridgehead atoms. The average molecular weight is 135 g/mol. The van der Waals surface area contributed by atoms with Gasteiger partial charge in [0, 0.05) is 5.88 Å². The summed E-state index contributed by atoms with van der Waals surface area (Å²) in [5.74, 6) is 0.444. The van der Waals surface area contributed by atoms with E-state index >= 15 is 0 Å². The maximum atomic E-state index is 5.01. The van der Waals surface area contributed by atoms with Crippen LogP contribution in [-0.2, 0) is 0 Å². The first-order valence-electron chi connectivity index (χ1n) is 1.01. The molecule has 0 atom stereocenters. The Morgan fingerprint density at radius 1 is 1.67 bits per heavy atom. The number of hydrogen-bond donors (Lipinski definition) is 0. The Bertz CT molecular complexity index is 22.8. The van der Waals surface area contributed by atoms with E-state index in [-0.39, 0.29) is 35.5 Å². The summed E-state index contributed by atoms with van der Waals surface area (Å²) in [5, 5.41) is 0. The second-order valence-electron chi connectivity index (χ2n) is 0.390. The monoisotopic (exact) mass is 134 g/mol. The van der Waals surface area contributed by atoms with E-state index in [4.69, 9.17) is 18.2 Å². The summed E-state index contributed by atoms with van der Waals surface area (Å²) in [7, 11) is 0. The van der Waals surface area contributed by atoms with Gasteiger partial charge in [-0.1, -0.05) is 0 Å². The Morgan fingerprint density at radius 3 is 1.83 bits per heavy atom. The molecule has 0 radical (unpaired) electrons. The van der Waals surface area contributed by atoms with Crippen molar-refractivity contribution in [2.75, 3.05) is 5.88 Å². The van der Waals surface area contributed by atoms with Gasteiger partial charge in [0.05, 0.1) is 0 Å². The Balaban J connectivity index is -0.0000000450. The van der Waals surface area contributed by atoms with Gasteiger partial charge in [-0.05, 0) is 0 Å². The van der Waals surface area contributed by atoms with Gasteiger partial charge in [0.25, 0.3) is 0 Å². The summed E-state index contributed by atoms with van der Waals surface area (Å²) in [6.07, 6.45) is 1.39. The largest absolute Gasteiger partial charge is 2.00 e. The van der Waals surface area contributed by atoms with Crippen LogP contribution in [0, 0.1) is 6.58 Å². The van der Waals surface area contributed by atoms with Gasteiger partial charge in [0.2, 0.25) is 0 Å². The van der Waals surface area contributed by atoms with Crippen LogP contribution in [0.2, 0.25) is 0 Å². The number of rotatable bonds is 1. The Labute approximate surface area is 65.5 Å². The summed E-state index contributed by atoms with van der Waals surface area (Å²) in [6.45, 7) is 4.77. The van der Waals surface area contributed by atoms with E-state index in [2.05, 4.69) is 0 Å². The van der Waals surface area contributed by atoms with Crippen molar-refractivity contribution in [3.05, 3.63) is 12.7 Å². The Morgan fingerprint density at radius 2 is 1.83 bits per heavy atom. The van der Waals surface area contributed by atoms with Gasteiger partial charge in [0.1, 0.15) is 0 Å². The zero-order valence-corrected chi connectivity index (χ0v) is 6.25. The van der Waals surface area contributed by atoms with Crippen LogP contribution in [0.15, 0.2) is 6.08 Å². The van der Waals surface area contributed by atoms with E-state index in [1.54, 1.807) is 0 Å². The molecule has 0 N–H and O–H groups in total. The predicted octanol–water partition coefficient (Wildman–Crippen LogP) is -2.16. The third kappa shape index (κ3) is 19.5. The molecule has 3 heteroatoms. The van der Waals surface area contributed by atoms with E-state index in [0.717, 1.165) is 0 Å². The Hall–Kier alpha value is 1.09. The minimum absolute atomic E-state index is 0. The fraction of sp³-hybridized carbons (Fsp3) is 0.333. The molecule has 0 nitrogen and oxygen atoms in total. The molecule has 0 heterocycles. The first-order chi connectivity index (χ1) is 1.91. The van der Waals surface area contributed by atoms with E-state index in [9.17, 15) is 0 Å². The van der Waals surface area contributed by atoms with Gasteiger partial charge in [-0.3, -0.25) is 6.08 Å². The van der Waals surface area contributed by atoms with Gasteiger partial charge < -0.3 is 19.0 Å². The van der Waals surface area contributed by atoms with Gasteiger partial charge >= 0.3 is 23.1 Å². The minimum Gasteiger partial charge on any atom is -1.00 e. The molecule has 0 aliphatic heterocycles. The molecule has 0 unspecified atom stereocenters. The summed E-state index contributed by atoms with van der Waals surface area (Å²) in [4.78, 5) is 0. The molecule has 0 saturated heterocycles. The molecule has 0 amide bonds. The van der Waals surface area contributed by atoms with Crippen molar-refractivity contribution < 1.29 is 12.4 Å². The fourth-order valence-electron chi connectivity index (χ4n) is 0. The minimum atomic E-state index is 0. The molecule has 0 aliphatic rings. The maximum Gasteiger partial charge on any atom is 2.00 e. The van der Waals surface area contributed by atoms with E-state index in [1.165, 1.54) is 6.08 Å². The maximum absolute atomic E-state index is 5.01. The van der Waals surface area contributed by atoms with Gasteiger partial charge in [-0.25, -0.2) is 0 Å². The summed E-state index contributed by atoms with van der Waals surface area (Å²) in [6, 6.07) is 0. The number of halogens is 2. The number of allylic oxidation sites excluding steroid dienone is 1. The molecule has 0 fully saturated rings. The first-order valence-corrected chi connectivity index (χ1v) is 1.54. The van der Waals surface area contributed by atoms with Crippen molar-refractivity contribution in [1.82, 2.24) is 0 Å². The molecule has 0 spiro atoms.